The summed E-state index contributed by atoms with van der Waals surface area (Å²) in [6.07, 6.45) is -2.19. The Morgan fingerprint density at radius 1 is 1.39 bits per heavy atom. The highest BCUT2D eigenvalue weighted by Crippen LogP contribution is 2.38. The first-order valence-electron chi connectivity index (χ1n) is 9.47. The molecule has 0 spiro atoms. The van der Waals surface area contributed by atoms with E-state index in [2.05, 4.69) is 10.3 Å². The number of pyridine rings is 1. The van der Waals surface area contributed by atoms with Crippen molar-refractivity contribution in [3.05, 3.63) is 17.8 Å². The highest BCUT2D eigenvalue weighted by molar-refractivity contribution is 5.77. The molecule has 0 bridgehead atoms. The molecule has 28 heavy (non-hydrogen) atoms. The molecule has 2 fully saturated rings. The Morgan fingerprint density at radius 2 is 2.21 bits per heavy atom. The average molecular weight is 400 g/mol. The van der Waals surface area contributed by atoms with Gasteiger partial charge >= 0.3 is 6.18 Å². The second kappa shape index (κ2) is 7.75. The van der Waals surface area contributed by atoms with Gasteiger partial charge in [-0.3, -0.25) is 4.79 Å². The summed E-state index contributed by atoms with van der Waals surface area (Å²) in [6, 6.07) is 1.28. The minimum absolute atomic E-state index is 0.0207. The third-order valence-corrected chi connectivity index (χ3v) is 5.40. The van der Waals surface area contributed by atoms with Crippen molar-refractivity contribution in [3.63, 3.8) is 0 Å². The number of fused-ring (bicyclic) bond motifs is 3. The molecular weight excluding hydrogens is 377 g/mol. The van der Waals surface area contributed by atoms with Crippen LogP contribution in [0.15, 0.2) is 12.3 Å². The first kappa shape index (κ1) is 19.3. The molecule has 2 atom stereocenters. The molecule has 1 aromatic heterocycles. The number of nitrogens with zero attached hydrogens (tertiary/aromatic N) is 3. The Bertz CT molecular complexity index is 727. The van der Waals surface area contributed by atoms with E-state index in [4.69, 9.17) is 9.47 Å². The summed E-state index contributed by atoms with van der Waals surface area (Å²) in [6.45, 7) is 3.74. The quantitative estimate of drug-likeness (QED) is 0.752. The van der Waals surface area contributed by atoms with Crippen molar-refractivity contribution in [3.8, 4) is 5.75 Å². The molecule has 0 radical (unpaired) electrons. The standard InChI is InChI=1S/C18H23F3N4O3/c19-18(20,21)12-7-15-17(23-8-12)25-5-4-24(9-14(25)11-28-15)16(26)2-6-27-10-13-1-3-22-13/h7-8,13-14,22H,1-6,9-11H2. The third-order valence-electron chi connectivity index (χ3n) is 5.40. The number of carbonyl (C=O) groups is 1. The van der Waals surface area contributed by atoms with Crippen LogP contribution in [-0.2, 0) is 15.7 Å². The van der Waals surface area contributed by atoms with Crippen LogP contribution in [0.3, 0.4) is 0 Å². The summed E-state index contributed by atoms with van der Waals surface area (Å²) < 4.78 is 49.6. The van der Waals surface area contributed by atoms with Crippen LogP contribution in [0, 0.1) is 0 Å². The van der Waals surface area contributed by atoms with Crippen LogP contribution < -0.4 is 15.0 Å². The minimum atomic E-state index is -4.45. The zero-order valence-corrected chi connectivity index (χ0v) is 15.4. The van der Waals surface area contributed by atoms with Crippen molar-refractivity contribution in [2.75, 3.05) is 50.9 Å². The molecule has 4 heterocycles. The summed E-state index contributed by atoms with van der Waals surface area (Å²) in [7, 11) is 0. The van der Waals surface area contributed by atoms with Crippen LogP contribution in [0.1, 0.15) is 18.4 Å². The fourth-order valence-electron chi connectivity index (χ4n) is 3.64. The van der Waals surface area contributed by atoms with E-state index in [1.807, 2.05) is 4.90 Å². The molecule has 10 heteroatoms. The molecule has 0 aliphatic carbocycles. The highest BCUT2D eigenvalue weighted by atomic mass is 19.4. The minimum Gasteiger partial charge on any atom is -0.487 e. The molecule has 0 saturated carbocycles. The number of piperazine rings is 1. The molecule has 1 aromatic rings. The van der Waals surface area contributed by atoms with Gasteiger partial charge in [0, 0.05) is 31.9 Å². The number of halogens is 3. The van der Waals surface area contributed by atoms with Gasteiger partial charge in [-0.15, -0.1) is 0 Å². The molecule has 0 aromatic carbocycles. The number of rotatable bonds is 5. The Labute approximate surface area is 160 Å². The predicted molar refractivity (Wildman–Crippen MR) is 94.3 cm³/mol. The number of aromatic nitrogens is 1. The maximum absolute atomic E-state index is 12.9. The fraction of sp³-hybridized carbons (Fsp3) is 0.667. The monoisotopic (exact) mass is 400 g/mol. The van der Waals surface area contributed by atoms with E-state index in [-0.39, 0.29) is 24.3 Å². The summed E-state index contributed by atoms with van der Waals surface area (Å²) >= 11 is 0. The number of alkyl halides is 3. The van der Waals surface area contributed by atoms with E-state index in [1.165, 1.54) is 0 Å². The number of nitrogens with one attached hydrogen (secondary N) is 1. The van der Waals surface area contributed by atoms with Crippen LogP contribution in [-0.4, -0.2) is 73.9 Å². The van der Waals surface area contributed by atoms with Crippen LogP contribution in [0.2, 0.25) is 0 Å². The number of ether oxygens (including phenoxy) is 2. The lowest BCUT2D eigenvalue weighted by Gasteiger charge is -2.44. The zero-order chi connectivity index (χ0) is 19.7. The smallest absolute Gasteiger partial charge is 0.418 e. The van der Waals surface area contributed by atoms with Gasteiger partial charge in [0.2, 0.25) is 5.91 Å². The lowest BCUT2D eigenvalue weighted by molar-refractivity contribution is -0.138. The van der Waals surface area contributed by atoms with Gasteiger partial charge in [-0.1, -0.05) is 0 Å². The second-order valence-electron chi connectivity index (χ2n) is 7.31. The van der Waals surface area contributed by atoms with E-state index in [0.29, 0.717) is 51.1 Å². The first-order chi connectivity index (χ1) is 13.4. The second-order valence-corrected chi connectivity index (χ2v) is 7.31. The normalized spacial score (nSPS) is 24.1. The number of hydrogen-bond donors (Lipinski definition) is 1. The van der Waals surface area contributed by atoms with Crippen LogP contribution >= 0.6 is 0 Å². The maximum atomic E-state index is 12.9. The van der Waals surface area contributed by atoms with E-state index < -0.39 is 11.7 Å². The van der Waals surface area contributed by atoms with Crippen molar-refractivity contribution >= 4 is 11.7 Å². The molecule has 1 N–H and O–H groups in total. The number of amides is 1. The van der Waals surface area contributed by atoms with Crippen molar-refractivity contribution in [2.24, 2.45) is 0 Å². The molecular formula is C18H23F3N4O3. The van der Waals surface area contributed by atoms with Gasteiger partial charge in [-0.05, 0) is 19.0 Å². The Balaban J connectivity index is 1.31. The van der Waals surface area contributed by atoms with Crippen molar-refractivity contribution in [1.82, 2.24) is 15.2 Å². The van der Waals surface area contributed by atoms with Crippen LogP contribution in [0.4, 0.5) is 19.0 Å². The van der Waals surface area contributed by atoms with Crippen molar-refractivity contribution in [2.45, 2.75) is 31.1 Å². The molecule has 154 valence electrons. The lowest BCUT2D eigenvalue weighted by atomic mass is 10.1. The van der Waals surface area contributed by atoms with E-state index in [9.17, 15) is 18.0 Å². The first-order valence-corrected chi connectivity index (χ1v) is 9.47. The molecule has 7 nitrogen and oxygen atoms in total. The SMILES string of the molecule is O=C(CCOCC1CCN1)N1CCN2c3ncc(C(F)(F)F)cc3OCC2C1. The maximum Gasteiger partial charge on any atom is 0.418 e. The van der Waals surface area contributed by atoms with Gasteiger partial charge in [0.1, 0.15) is 6.61 Å². The van der Waals surface area contributed by atoms with Gasteiger partial charge in [0.05, 0.1) is 31.2 Å². The van der Waals surface area contributed by atoms with E-state index in [0.717, 1.165) is 25.2 Å². The van der Waals surface area contributed by atoms with Gasteiger partial charge < -0.3 is 24.6 Å². The van der Waals surface area contributed by atoms with E-state index >= 15 is 0 Å². The average Bonchev–Trinajstić information content (AvgIpc) is 2.64. The number of hydrogen-bond acceptors (Lipinski definition) is 6. The molecule has 4 rings (SSSR count). The van der Waals surface area contributed by atoms with Crippen LogP contribution in [0.25, 0.3) is 0 Å². The van der Waals surface area contributed by atoms with Gasteiger partial charge in [-0.25, -0.2) is 4.98 Å². The molecule has 3 aliphatic rings. The lowest BCUT2D eigenvalue weighted by Crippen LogP contribution is -2.58. The summed E-state index contributed by atoms with van der Waals surface area (Å²) in [5.41, 5.74) is -0.824. The summed E-state index contributed by atoms with van der Waals surface area (Å²) in [4.78, 5) is 20.1. The van der Waals surface area contributed by atoms with Crippen LogP contribution in [0.5, 0.6) is 5.75 Å². The predicted octanol–water partition coefficient (Wildman–Crippen LogP) is 1.28. The largest absolute Gasteiger partial charge is 0.487 e. The zero-order valence-electron chi connectivity index (χ0n) is 15.4. The Kier molecular flexibility index (Phi) is 5.33. The molecule has 2 saturated heterocycles. The van der Waals surface area contributed by atoms with Crippen molar-refractivity contribution in [1.29, 1.82) is 0 Å². The van der Waals surface area contributed by atoms with E-state index in [1.54, 1.807) is 4.90 Å². The van der Waals surface area contributed by atoms with Gasteiger partial charge in [0.25, 0.3) is 0 Å². The summed E-state index contributed by atoms with van der Waals surface area (Å²) in [5.74, 6) is 0.573. The molecule has 2 unspecified atom stereocenters. The third kappa shape index (κ3) is 4.02. The van der Waals surface area contributed by atoms with Gasteiger partial charge in [-0.2, -0.15) is 13.2 Å². The molecule has 3 aliphatic heterocycles. The summed E-state index contributed by atoms with van der Waals surface area (Å²) in [5, 5.41) is 3.24. The number of anilines is 1. The number of carbonyl (C=O) groups excluding carboxylic acids is 1. The van der Waals surface area contributed by atoms with Gasteiger partial charge in [0.15, 0.2) is 11.6 Å². The fourth-order valence-corrected chi connectivity index (χ4v) is 3.64. The highest BCUT2D eigenvalue weighted by Gasteiger charge is 2.38. The topological polar surface area (TPSA) is 66.9 Å². The Morgan fingerprint density at radius 3 is 2.93 bits per heavy atom. The molecule has 1 amide bonds. The Hall–Kier alpha value is -2.07. The van der Waals surface area contributed by atoms with Crippen molar-refractivity contribution < 1.29 is 27.4 Å².